The van der Waals surface area contributed by atoms with Crippen LogP contribution < -0.4 is 0 Å². The van der Waals surface area contributed by atoms with Gasteiger partial charge in [0, 0.05) is 50.5 Å². The quantitative estimate of drug-likeness (QED) is 0.367. The molecule has 0 unspecified atom stereocenters. The molecule has 1 N–H and O–H groups in total. The summed E-state index contributed by atoms with van der Waals surface area (Å²) in [7, 11) is 0. The van der Waals surface area contributed by atoms with Gasteiger partial charge in [0.15, 0.2) is 0 Å². The van der Waals surface area contributed by atoms with E-state index in [1.807, 2.05) is 20.8 Å². The van der Waals surface area contributed by atoms with E-state index in [1.165, 1.54) is 17.2 Å². The van der Waals surface area contributed by atoms with Gasteiger partial charge in [-0.3, -0.25) is 0 Å². The van der Waals surface area contributed by atoms with E-state index in [9.17, 15) is 0 Å². The Morgan fingerprint density at radius 1 is 0.857 bits per heavy atom. The van der Waals surface area contributed by atoms with Crippen molar-refractivity contribution < 1.29 is 42.3 Å². The van der Waals surface area contributed by atoms with Crippen molar-refractivity contribution in [3.05, 3.63) is 48.5 Å². The minimum absolute atomic E-state index is 0. The van der Waals surface area contributed by atoms with Crippen LogP contribution in [0.1, 0.15) is 41.0 Å². The van der Waals surface area contributed by atoms with Crippen LogP contribution in [0.4, 0.5) is 0 Å². The molecule has 0 spiro atoms. The van der Waals surface area contributed by atoms with E-state index in [0.717, 1.165) is 17.8 Å². The van der Waals surface area contributed by atoms with Crippen LogP contribution in [-0.4, -0.2) is 11.0 Å². The molecule has 2 nitrogen and oxygen atoms in total. The Morgan fingerprint density at radius 3 is 1.29 bits per heavy atom. The van der Waals surface area contributed by atoms with E-state index in [-0.39, 0.29) is 32.7 Å². The van der Waals surface area contributed by atoms with Gasteiger partial charge >= 0.3 is 0 Å². The fourth-order valence-corrected chi connectivity index (χ4v) is 1.29. The van der Waals surface area contributed by atoms with Crippen LogP contribution in [-0.2, 0) is 37.0 Å². The molecule has 0 bridgehead atoms. The van der Waals surface area contributed by atoms with Gasteiger partial charge in [-0.15, -0.1) is 0 Å². The maximum Gasteiger partial charge on any atom is 0.0308 e. The number of benzene rings is 2. The van der Waals surface area contributed by atoms with Crippen molar-refractivity contribution in [3.63, 3.8) is 0 Å². The molecule has 2 rings (SSSR count). The molecule has 21 heavy (non-hydrogen) atoms. The Balaban J connectivity index is -0.000000254. The Morgan fingerprint density at radius 2 is 1.14 bits per heavy atom. The summed E-state index contributed by atoms with van der Waals surface area (Å²) < 4.78 is 3.61. The molecule has 0 heterocycles. The Bertz CT molecular complexity index is 343. The molecule has 1 radical (unpaired) electrons. The summed E-state index contributed by atoms with van der Waals surface area (Å²) in [6, 6.07) is 16.7. The summed E-state index contributed by atoms with van der Waals surface area (Å²) in [6.45, 7) is 10.1. The van der Waals surface area contributed by atoms with Crippen LogP contribution >= 0.6 is 12.0 Å². The first-order valence-corrected chi connectivity index (χ1v) is 8.07. The first-order chi connectivity index (χ1) is 9.79. The second-order valence-electron chi connectivity index (χ2n) is 3.54. The van der Waals surface area contributed by atoms with E-state index < -0.39 is 0 Å². The largest absolute Gasteiger partial charge is 0.239 e. The molecule has 0 atom stereocenters. The summed E-state index contributed by atoms with van der Waals surface area (Å²) in [4.78, 5) is 0. The van der Waals surface area contributed by atoms with Gasteiger partial charge in [0.1, 0.15) is 0 Å². The summed E-state index contributed by atoms with van der Waals surface area (Å²) in [5, 5.41) is 10.1. The number of hydrogen-bond acceptors (Lipinski definition) is 3. The standard InChI is InChI=1S/C10H8.C3H8.C2H6O2S.C2H6.Y/c1-2-6-10-8-4-3-7-9(10)5-1;1-3-2;1-2-5-4-3;1-2;/h1-8H;3H2,1-2H3;3H,2H2,1H3;1-2H3;. The minimum Gasteiger partial charge on any atom is -0.239 e. The van der Waals surface area contributed by atoms with Crippen LogP contribution in [0.15, 0.2) is 48.5 Å². The molecule has 0 aromatic heterocycles. The fourth-order valence-electron chi connectivity index (χ4n) is 1.19. The van der Waals surface area contributed by atoms with Crippen LogP contribution in [0.5, 0.6) is 0 Å². The number of hydrogen-bond donors (Lipinski definition) is 1. The molecule has 4 heteroatoms. The zero-order valence-corrected chi connectivity index (χ0v) is 17.5. The average molecular weight is 385 g/mol. The van der Waals surface area contributed by atoms with Gasteiger partial charge in [-0.25, -0.2) is 5.26 Å². The normalized spacial score (nSPS) is 7.90. The molecular weight excluding hydrogens is 357 g/mol. The van der Waals surface area contributed by atoms with Gasteiger partial charge in [0.25, 0.3) is 0 Å². The van der Waals surface area contributed by atoms with Gasteiger partial charge in [0.05, 0.1) is 0 Å². The van der Waals surface area contributed by atoms with Crippen LogP contribution in [0.25, 0.3) is 10.8 Å². The van der Waals surface area contributed by atoms with Crippen molar-refractivity contribution in [2.24, 2.45) is 0 Å². The SMILES string of the molecule is CC.CCC.CCSOO.[Y].c1ccc2ccccc2c1. The summed E-state index contributed by atoms with van der Waals surface area (Å²) in [6.07, 6.45) is 1.25. The van der Waals surface area contributed by atoms with Gasteiger partial charge in [-0.05, 0) is 10.8 Å². The first kappa shape index (κ1) is 26.0. The van der Waals surface area contributed by atoms with E-state index in [2.05, 4.69) is 66.7 Å². The Kier molecular flexibility index (Phi) is 27.7. The van der Waals surface area contributed by atoms with Gasteiger partial charge in [0.2, 0.25) is 0 Å². The Labute approximate surface area is 159 Å². The second-order valence-corrected chi connectivity index (χ2v) is 4.50. The Hall–Kier alpha value is 0.0739. The van der Waals surface area contributed by atoms with Gasteiger partial charge in [-0.2, -0.15) is 4.33 Å². The van der Waals surface area contributed by atoms with Gasteiger partial charge < -0.3 is 0 Å². The van der Waals surface area contributed by atoms with E-state index in [1.54, 1.807) is 0 Å². The predicted molar refractivity (Wildman–Crippen MR) is 93.1 cm³/mol. The van der Waals surface area contributed by atoms with Crippen molar-refractivity contribution in [1.82, 2.24) is 0 Å². The maximum absolute atomic E-state index is 7.53. The van der Waals surface area contributed by atoms with Crippen molar-refractivity contribution >= 4 is 22.8 Å². The molecule has 0 aliphatic carbocycles. The molecular formula is C17H28O2SY. The third-order valence-corrected chi connectivity index (χ3v) is 2.17. The fraction of sp³-hybridized carbons (Fsp3) is 0.412. The molecule has 0 aliphatic rings. The monoisotopic (exact) mass is 385 g/mol. The van der Waals surface area contributed by atoms with E-state index >= 15 is 0 Å². The van der Waals surface area contributed by atoms with Gasteiger partial charge in [-0.1, -0.05) is 89.6 Å². The predicted octanol–water partition coefficient (Wildman–Crippen LogP) is 6.42. The molecule has 0 amide bonds. The minimum atomic E-state index is 0. The molecule has 2 aromatic rings. The van der Waals surface area contributed by atoms with Crippen LogP contribution in [0.2, 0.25) is 0 Å². The summed E-state index contributed by atoms with van der Waals surface area (Å²) in [5.41, 5.74) is 0. The molecule has 0 saturated carbocycles. The van der Waals surface area contributed by atoms with Crippen molar-refractivity contribution in [2.75, 3.05) is 5.75 Å². The molecule has 117 valence electrons. The van der Waals surface area contributed by atoms with E-state index in [0.29, 0.717) is 0 Å². The van der Waals surface area contributed by atoms with Crippen LogP contribution in [0, 0.1) is 0 Å². The topological polar surface area (TPSA) is 29.5 Å². The van der Waals surface area contributed by atoms with E-state index in [4.69, 9.17) is 5.26 Å². The van der Waals surface area contributed by atoms with Crippen molar-refractivity contribution in [3.8, 4) is 0 Å². The zero-order valence-electron chi connectivity index (χ0n) is 13.9. The number of rotatable bonds is 2. The zero-order chi connectivity index (χ0) is 15.6. The molecule has 2 aromatic carbocycles. The summed E-state index contributed by atoms with van der Waals surface area (Å²) >= 11 is 1.02. The molecule has 0 saturated heterocycles. The molecule has 0 fully saturated rings. The number of fused-ring (bicyclic) bond motifs is 1. The smallest absolute Gasteiger partial charge is 0.0308 e. The summed E-state index contributed by atoms with van der Waals surface area (Å²) in [5.74, 6) is 0.788. The third-order valence-electron chi connectivity index (χ3n) is 1.83. The van der Waals surface area contributed by atoms with Crippen LogP contribution in [0.3, 0.4) is 0 Å². The second kappa shape index (κ2) is 22.4. The van der Waals surface area contributed by atoms with Crippen molar-refractivity contribution in [1.29, 1.82) is 0 Å². The van der Waals surface area contributed by atoms with Crippen molar-refractivity contribution in [2.45, 2.75) is 41.0 Å². The maximum atomic E-state index is 7.53. The first-order valence-electron chi connectivity index (χ1n) is 7.16. The third kappa shape index (κ3) is 16.3. The molecule has 0 aliphatic heterocycles. The average Bonchev–Trinajstić information content (AvgIpc) is 2.52.